The van der Waals surface area contributed by atoms with Gasteiger partial charge in [0.15, 0.2) is 0 Å². The molecule has 2 aromatic rings. The van der Waals surface area contributed by atoms with Crippen LogP contribution in [0.4, 0.5) is 4.39 Å². The zero-order chi connectivity index (χ0) is 18.4. The molecule has 0 radical (unpaired) electrons. The Labute approximate surface area is 146 Å². The molecule has 132 valence electrons. The molecule has 2 rings (SSSR count). The van der Waals surface area contributed by atoms with Crippen molar-refractivity contribution in [1.29, 1.82) is 0 Å². The lowest BCUT2D eigenvalue weighted by Crippen LogP contribution is -2.52. The first-order valence-corrected chi connectivity index (χ1v) is 7.95. The van der Waals surface area contributed by atoms with Gasteiger partial charge in [0.2, 0.25) is 0 Å². The number of nitrogens with zero attached hydrogens (tertiary/aromatic N) is 1. The number of nitrogens with one attached hydrogen (secondary N) is 1. The topological polar surface area (TPSA) is 60.5 Å². The van der Waals surface area contributed by atoms with E-state index >= 15 is 0 Å². The molecule has 1 N–H and O–H groups in total. The zero-order valence-corrected chi connectivity index (χ0v) is 14.6. The normalized spacial score (nSPS) is 13.1. The summed E-state index contributed by atoms with van der Waals surface area (Å²) in [5.41, 5.74) is 2.33. The number of carbonyl (C=O) groups excluding carboxylic acids is 1. The van der Waals surface area contributed by atoms with Crippen molar-refractivity contribution in [2.75, 3.05) is 20.3 Å². The molecule has 25 heavy (non-hydrogen) atoms. The Morgan fingerprint density at radius 3 is 2.80 bits per heavy atom. The maximum absolute atomic E-state index is 12.4. The highest BCUT2D eigenvalue weighted by Crippen LogP contribution is 2.28. The second-order valence-electron chi connectivity index (χ2n) is 5.54. The Morgan fingerprint density at radius 2 is 2.20 bits per heavy atom. The van der Waals surface area contributed by atoms with Crippen LogP contribution < -0.4 is 10.1 Å². The number of halogens is 1. The number of methoxy groups -OCH3 is 1. The van der Waals surface area contributed by atoms with Gasteiger partial charge in [-0.15, -0.1) is 6.42 Å². The van der Waals surface area contributed by atoms with Gasteiger partial charge < -0.3 is 14.8 Å². The summed E-state index contributed by atoms with van der Waals surface area (Å²) in [7, 11) is 1.38. The molecule has 1 atom stereocenters. The molecule has 1 aromatic carbocycles. The molecule has 0 saturated carbocycles. The number of hydrogen-bond acceptors (Lipinski definition) is 4. The highest BCUT2D eigenvalue weighted by molar-refractivity contribution is 5.86. The number of aryl methyl sites for hydroxylation is 1. The van der Waals surface area contributed by atoms with Crippen LogP contribution in [0.25, 0.3) is 10.9 Å². The first-order chi connectivity index (χ1) is 12.0. The molecular formula is C19H21FN2O3. The second-order valence-corrected chi connectivity index (χ2v) is 5.54. The number of pyridine rings is 1. The number of fused-ring (bicyclic) bond motifs is 1. The standard InChI is InChI=1S/C19H21FN2O3/c1-5-14-10-15-11-16(9-13(3)17(15)22-12-14)25-19(6-2,24-4)18(23)21-8-7-20/h1,9-12H,6-8H2,2-4H3,(H,21,23). The Morgan fingerprint density at radius 1 is 1.44 bits per heavy atom. The number of carbonyl (C=O) groups is 1. The van der Waals surface area contributed by atoms with E-state index in [2.05, 4.69) is 16.2 Å². The largest absolute Gasteiger partial charge is 0.453 e. The fourth-order valence-electron chi connectivity index (χ4n) is 2.58. The third-order valence-electron chi connectivity index (χ3n) is 3.92. The minimum Gasteiger partial charge on any atom is -0.453 e. The Bertz CT molecular complexity index is 810. The first kappa shape index (κ1) is 18.7. The van der Waals surface area contributed by atoms with Crippen LogP contribution in [0, 0.1) is 19.3 Å². The summed E-state index contributed by atoms with van der Waals surface area (Å²) in [6, 6.07) is 5.35. The molecule has 5 nitrogen and oxygen atoms in total. The van der Waals surface area contributed by atoms with Gasteiger partial charge in [-0.1, -0.05) is 12.8 Å². The average molecular weight is 344 g/mol. The summed E-state index contributed by atoms with van der Waals surface area (Å²) >= 11 is 0. The maximum Gasteiger partial charge on any atom is 0.292 e. The molecule has 1 unspecified atom stereocenters. The summed E-state index contributed by atoms with van der Waals surface area (Å²) in [6.45, 7) is 2.89. The minimum atomic E-state index is -1.54. The van der Waals surface area contributed by atoms with Gasteiger partial charge in [-0.25, -0.2) is 4.39 Å². The number of amides is 1. The number of aromatic nitrogens is 1. The SMILES string of the molecule is C#Cc1cnc2c(C)cc(OC(CC)(OC)C(=O)NCCF)cc2c1. The van der Waals surface area contributed by atoms with E-state index in [0.717, 1.165) is 16.5 Å². The predicted molar refractivity (Wildman–Crippen MR) is 94.1 cm³/mol. The number of terminal acetylenes is 1. The summed E-state index contributed by atoms with van der Waals surface area (Å²) in [4.78, 5) is 16.7. The second kappa shape index (κ2) is 7.95. The number of rotatable bonds is 7. The quantitative estimate of drug-likeness (QED) is 0.620. The van der Waals surface area contributed by atoms with Crippen LogP contribution in [0.2, 0.25) is 0 Å². The van der Waals surface area contributed by atoms with Gasteiger partial charge in [0, 0.05) is 37.2 Å². The maximum atomic E-state index is 12.4. The van der Waals surface area contributed by atoms with Gasteiger partial charge in [-0.3, -0.25) is 9.78 Å². The molecule has 0 aliphatic rings. The molecule has 1 aromatic heterocycles. The molecule has 6 heteroatoms. The van der Waals surface area contributed by atoms with E-state index in [1.165, 1.54) is 7.11 Å². The first-order valence-electron chi connectivity index (χ1n) is 7.95. The highest BCUT2D eigenvalue weighted by atomic mass is 19.1. The fraction of sp³-hybridized carbons (Fsp3) is 0.368. The van der Waals surface area contributed by atoms with Crippen molar-refractivity contribution >= 4 is 16.8 Å². The summed E-state index contributed by atoms with van der Waals surface area (Å²) in [6.07, 6.45) is 7.31. The van der Waals surface area contributed by atoms with Crippen LogP contribution >= 0.6 is 0 Å². The Kier molecular flexibility index (Phi) is 5.94. The van der Waals surface area contributed by atoms with Gasteiger partial charge in [-0.2, -0.15) is 0 Å². The molecule has 1 heterocycles. The van der Waals surface area contributed by atoms with E-state index < -0.39 is 18.4 Å². The molecule has 0 aliphatic carbocycles. The predicted octanol–water partition coefficient (Wildman–Crippen LogP) is 2.74. The number of ether oxygens (including phenoxy) is 2. The molecule has 1 amide bonds. The molecule has 0 bridgehead atoms. The number of alkyl halides is 1. The molecule has 0 aliphatic heterocycles. The molecule has 0 fully saturated rings. The monoisotopic (exact) mass is 344 g/mol. The van der Waals surface area contributed by atoms with Gasteiger partial charge in [0.1, 0.15) is 12.4 Å². The van der Waals surface area contributed by atoms with Crippen LogP contribution in [-0.4, -0.2) is 37.0 Å². The van der Waals surface area contributed by atoms with Gasteiger partial charge in [0.25, 0.3) is 11.7 Å². The van der Waals surface area contributed by atoms with Gasteiger partial charge in [-0.05, 0) is 30.7 Å². The summed E-state index contributed by atoms with van der Waals surface area (Å²) < 4.78 is 23.6. The van der Waals surface area contributed by atoms with Gasteiger partial charge in [0.05, 0.1) is 5.52 Å². The summed E-state index contributed by atoms with van der Waals surface area (Å²) in [5, 5.41) is 3.26. The third-order valence-corrected chi connectivity index (χ3v) is 3.92. The van der Waals surface area contributed by atoms with Crippen molar-refractivity contribution in [2.24, 2.45) is 0 Å². The lowest BCUT2D eigenvalue weighted by atomic mass is 10.1. The van der Waals surface area contributed by atoms with Crippen LogP contribution in [0.15, 0.2) is 24.4 Å². The zero-order valence-electron chi connectivity index (χ0n) is 14.6. The van der Waals surface area contributed by atoms with E-state index in [1.807, 2.05) is 13.0 Å². The molecular weight excluding hydrogens is 323 g/mol. The van der Waals surface area contributed by atoms with Crippen molar-refractivity contribution in [3.05, 3.63) is 35.5 Å². The molecule has 0 spiro atoms. The smallest absolute Gasteiger partial charge is 0.292 e. The van der Waals surface area contributed by atoms with E-state index in [0.29, 0.717) is 11.3 Å². The van der Waals surface area contributed by atoms with E-state index in [9.17, 15) is 9.18 Å². The van der Waals surface area contributed by atoms with Gasteiger partial charge >= 0.3 is 0 Å². The van der Waals surface area contributed by atoms with Crippen molar-refractivity contribution in [3.63, 3.8) is 0 Å². The van der Waals surface area contributed by atoms with Crippen LogP contribution in [0.1, 0.15) is 24.5 Å². The highest BCUT2D eigenvalue weighted by Gasteiger charge is 2.39. The minimum absolute atomic E-state index is 0.0977. The Hall–Kier alpha value is -2.65. The lowest BCUT2D eigenvalue weighted by Gasteiger charge is -2.30. The van der Waals surface area contributed by atoms with Crippen molar-refractivity contribution in [1.82, 2.24) is 10.3 Å². The number of hydrogen-bond donors (Lipinski definition) is 1. The van der Waals surface area contributed by atoms with E-state index in [4.69, 9.17) is 15.9 Å². The average Bonchev–Trinajstić information content (AvgIpc) is 2.63. The number of benzene rings is 1. The van der Waals surface area contributed by atoms with Crippen molar-refractivity contribution in [3.8, 4) is 18.1 Å². The third kappa shape index (κ3) is 3.89. The van der Waals surface area contributed by atoms with Crippen molar-refractivity contribution < 1.29 is 18.7 Å². The fourth-order valence-corrected chi connectivity index (χ4v) is 2.58. The van der Waals surface area contributed by atoms with Crippen LogP contribution in [0.3, 0.4) is 0 Å². The van der Waals surface area contributed by atoms with Crippen LogP contribution in [0.5, 0.6) is 5.75 Å². The lowest BCUT2D eigenvalue weighted by molar-refractivity contribution is -0.186. The molecule has 0 saturated heterocycles. The van der Waals surface area contributed by atoms with E-state index in [-0.39, 0.29) is 13.0 Å². The summed E-state index contributed by atoms with van der Waals surface area (Å²) in [5.74, 6) is 0.927. The van der Waals surface area contributed by atoms with E-state index in [1.54, 1.807) is 25.3 Å². The Balaban J connectivity index is 2.42. The van der Waals surface area contributed by atoms with Crippen LogP contribution in [-0.2, 0) is 9.53 Å². The van der Waals surface area contributed by atoms with Crippen molar-refractivity contribution in [2.45, 2.75) is 26.1 Å².